The summed E-state index contributed by atoms with van der Waals surface area (Å²) in [6, 6.07) is 6.81. The molecule has 1 saturated carbocycles. The van der Waals surface area contributed by atoms with Crippen LogP contribution in [0.4, 0.5) is 0 Å². The van der Waals surface area contributed by atoms with E-state index < -0.39 is 18.1 Å². The summed E-state index contributed by atoms with van der Waals surface area (Å²) in [6.07, 6.45) is 5.79. The monoisotopic (exact) mass is 422 g/mol. The van der Waals surface area contributed by atoms with Crippen molar-refractivity contribution in [3.63, 3.8) is 0 Å². The molecule has 9 heteroatoms. The van der Waals surface area contributed by atoms with Crippen molar-refractivity contribution in [2.24, 2.45) is 5.92 Å². The standard InChI is InChI=1S/C22H22N4O5/c1-13-23-9-18(14-3-6-20(27)26(10-14)11-21(28)29)22(25-13)31-12-15-7-17(15)19-5-4-16(30-2)8-24-19/h3-6,8-10,15,17H,7,11-12H2,1-2H3,(H,28,29)/t15-,17+/m1/s1. The first kappa shape index (κ1) is 20.5. The molecule has 0 saturated heterocycles. The van der Waals surface area contributed by atoms with Crippen LogP contribution in [0.25, 0.3) is 11.1 Å². The van der Waals surface area contributed by atoms with Gasteiger partial charge in [0.05, 0.1) is 25.5 Å². The molecule has 1 fully saturated rings. The van der Waals surface area contributed by atoms with E-state index in [0.717, 1.165) is 22.4 Å². The van der Waals surface area contributed by atoms with E-state index in [1.807, 2.05) is 12.1 Å². The summed E-state index contributed by atoms with van der Waals surface area (Å²) in [5.74, 6) is 1.24. The van der Waals surface area contributed by atoms with Gasteiger partial charge in [-0.2, -0.15) is 4.98 Å². The van der Waals surface area contributed by atoms with Crippen LogP contribution >= 0.6 is 0 Å². The van der Waals surface area contributed by atoms with Gasteiger partial charge in [-0.25, -0.2) is 4.98 Å². The molecule has 1 aliphatic rings. The Balaban J connectivity index is 1.50. The predicted octanol–water partition coefficient (Wildman–Crippen LogP) is 2.28. The summed E-state index contributed by atoms with van der Waals surface area (Å²) >= 11 is 0. The van der Waals surface area contributed by atoms with Crippen molar-refractivity contribution in [2.45, 2.75) is 25.8 Å². The maximum Gasteiger partial charge on any atom is 0.323 e. The van der Waals surface area contributed by atoms with Crippen molar-refractivity contribution in [3.8, 4) is 22.8 Å². The molecule has 0 aliphatic heterocycles. The first-order valence-electron chi connectivity index (χ1n) is 9.83. The normalized spacial score (nSPS) is 17.2. The van der Waals surface area contributed by atoms with E-state index in [2.05, 4.69) is 15.0 Å². The highest BCUT2D eigenvalue weighted by Crippen LogP contribution is 2.47. The zero-order valence-electron chi connectivity index (χ0n) is 17.2. The molecule has 0 spiro atoms. The highest BCUT2D eigenvalue weighted by Gasteiger charge is 2.40. The summed E-state index contributed by atoms with van der Waals surface area (Å²) in [5, 5.41) is 9.02. The van der Waals surface area contributed by atoms with Crippen LogP contribution in [0, 0.1) is 12.8 Å². The fraction of sp³-hybridized carbons (Fsp3) is 0.318. The molecule has 9 nitrogen and oxygen atoms in total. The lowest BCUT2D eigenvalue weighted by molar-refractivity contribution is -0.137. The van der Waals surface area contributed by atoms with E-state index >= 15 is 0 Å². The van der Waals surface area contributed by atoms with Crippen LogP contribution in [-0.4, -0.2) is 44.3 Å². The zero-order chi connectivity index (χ0) is 22.0. The number of aryl methyl sites for hydroxylation is 1. The van der Waals surface area contributed by atoms with Crippen molar-refractivity contribution in [2.75, 3.05) is 13.7 Å². The van der Waals surface area contributed by atoms with Gasteiger partial charge < -0.3 is 19.1 Å². The number of methoxy groups -OCH3 is 1. The molecule has 3 heterocycles. The predicted molar refractivity (Wildman–Crippen MR) is 111 cm³/mol. The van der Waals surface area contributed by atoms with Gasteiger partial charge in [0.25, 0.3) is 5.56 Å². The number of pyridine rings is 2. The van der Waals surface area contributed by atoms with Gasteiger partial charge in [0.1, 0.15) is 18.1 Å². The Bertz CT molecular complexity index is 1160. The number of aliphatic carboxylic acids is 1. The molecular weight excluding hydrogens is 400 g/mol. The van der Waals surface area contributed by atoms with Crippen molar-refractivity contribution in [1.29, 1.82) is 0 Å². The number of aromatic nitrogens is 4. The second-order valence-electron chi connectivity index (χ2n) is 7.45. The number of hydrogen-bond acceptors (Lipinski definition) is 7. The molecule has 2 atom stereocenters. The Kier molecular flexibility index (Phi) is 5.66. The molecule has 3 aromatic heterocycles. The van der Waals surface area contributed by atoms with Crippen LogP contribution in [-0.2, 0) is 11.3 Å². The van der Waals surface area contributed by atoms with E-state index in [1.165, 1.54) is 12.3 Å². The minimum absolute atomic E-state index is 0.324. The van der Waals surface area contributed by atoms with Gasteiger partial charge in [-0.1, -0.05) is 0 Å². The average Bonchev–Trinajstić information content (AvgIpc) is 3.53. The number of ether oxygens (including phenoxy) is 2. The highest BCUT2D eigenvalue weighted by molar-refractivity contribution is 5.69. The van der Waals surface area contributed by atoms with Gasteiger partial charge >= 0.3 is 5.97 Å². The van der Waals surface area contributed by atoms with Gasteiger partial charge in [0.2, 0.25) is 5.88 Å². The lowest BCUT2D eigenvalue weighted by Gasteiger charge is -2.12. The lowest BCUT2D eigenvalue weighted by atomic mass is 10.1. The van der Waals surface area contributed by atoms with Crippen LogP contribution < -0.4 is 15.0 Å². The zero-order valence-corrected chi connectivity index (χ0v) is 17.2. The third-order valence-corrected chi connectivity index (χ3v) is 5.21. The Hall–Kier alpha value is -3.75. The van der Waals surface area contributed by atoms with E-state index in [0.29, 0.717) is 41.3 Å². The number of nitrogens with zero attached hydrogens (tertiary/aromatic N) is 4. The van der Waals surface area contributed by atoms with Crippen LogP contribution in [0.5, 0.6) is 11.6 Å². The molecule has 0 bridgehead atoms. The number of rotatable bonds is 8. The Labute approximate surface area is 178 Å². The molecule has 0 radical (unpaired) electrons. The smallest absolute Gasteiger partial charge is 0.323 e. The molecular formula is C22H22N4O5. The van der Waals surface area contributed by atoms with Crippen molar-refractivity contribution >= 4 is 5.97 Å². The highest BCUT2D eigenvalue weighted by atomic mass is 16.5. The van der Waals surface area contributed by atoms with E-state index in [1.54, 1.807) is 32.5 Å². The summed E-state index contributed by atoms with van der Waals surface area (Å²) in [5.41, 5.74) is 1.83. The number of carbonyl (C=O) groups is 1. The summed E-state index contributed by atoms with van der Waals surface area (Å²) in [7, 11) is 1.61. The minimum Gasteiger partial charge on any atom is -0.495 e. The number of carboxylic acid groups (broad SMARTS) is 1. The van der Waals surface area contributed by atoms with Crippen molar-refractivity contribution in [3.05, 3.63) is 64.7 Å². The summed E-state index contributed by atoms with van der Waals surface area (Å²) < 4.78 is 12.3. The van der Waals surface area contributed by atoms with Crippen molar-refractivity contribution in [1.82, 2.24) is 19.5 Å². The average molecular weight is 422 g/mol. The maximum atomic E-state index is 11.9. The maximum absolute atomic E-state index is 11.9. The molecule has 31 heavy (non-hydrogen) atoms. The summed E-state index contributed by atoms with van der Waals surface area (Å²) in [6.45, 7) is 1.81. The molecule has 4 rings (SSSR count). The first-order valence-corrected chi connectivity index (χ1v) is 9.83. The second-order valence-corrected chi connectivity index (χ2v) is 7.45. The Morgan fingerprint density at radius 2 is 2.06 bits per heavy atom. The topological polar surface area (TPSA) is 116 Å². The molecule has 0 unspecified atom stereocenters. The lowest BCUT2D eigenvalue weighted by Crippen LogP contribution is -2.22. The largest absolute Gasteiger partial charge is 0.495 e. The number of carboxylic acids is 1. The van der Waals surface area contributed by atoms with Crippen molar-refractivity contribution < 1.29 is 19.4 Å². The van der Waals surface area contributed by atoms with E-state index in [9.17, 15) is 9.59 Å². The quantitative estimate of drug-likeness (QED) is 0.588. The summed E-state index contributed by atoms with van der Waals surface area (Å²) in [4.78, 5) is 36.1. The third-order valence-electron chi connectivity index (χ3n) is 5.21. The molecule has 0 amide bonds. The minimum atomic E-state index is -1.09. The van der Waals surface area contributed by atoms with Crippen LogP contribution in [0.1, 0.15) is 23.9 Å². The van der Waals surface area contributed by atoms with Crippen LogP contribution in [0.15, 0.2) is 47.7 Å². The molecule has 160 valence electrons. The van der Waals surface area contributed by atoms with Crippen LogP contribution in [0.3, 0.4) is 0 Å². The first-order chi connectivity index (χ1) is 14.9. The number of hydrogen-bond donors (Lipinski definition) is 1. The second kappa shape index (κ2) is 8.55. The SMILES string of the molecule is COc1ccc([C@H]2C[C@@H]2COc2nc(C)ncc2-c2ccc(=O)n(CC(=O)O)c2)nc1. The third kappa shape index (κ3) is 4.71. The van der Waals surface area contributed by atoms with E-state index in [-0.39, 0.29) is 0 Å². The molecule has 1 N–H and O–H groups in total. The molecule has 1 aliphatic carbocycles. The van der Waals surface area contributed by atoms with Crippen LogP contribution in [0.2, 0.25) is 0 Å². The molecule has 3 aromatic rings. The molecule has 0 aromatic carbocycles. The van der Waals surface area contributed by atoms with Gasteiger partial charge in [0.15, 0.2) is 0 Å². The van der Waals surface area contributed by atoms with Gasteiger partial charge in [-0.3, -0.25) is 14.6 Å². The van der Waals surface area contributed by atoms with E-state index in [4.69, 9.17) is 14.6 Å². The van der Waals surface area contributed by atoms with Gasteiger partial charge in [0, 0.05) is 41.6 Å². The fourth-order valence-electron chi connectivity index (χ4n) is 3.43. The van der Waals surface area contributed by atoms with Gasteiger partial charge in [-0.15, -0.1) is 0 Å². The fourth-order valence-corrected chi connectivity index (χ4v) is 3.43. The van der Waals surface area contributed by atoms with Gasteiger partial charge in [-0.05, 0) is 31.5 Å². The Morgan fingerprint density at radius 3 is 2.77 bits per heavy atom. The Morgan fingerprint density at radius 1 is 1.23 bits per heavy atom.